The zero-order valence-corrected chi connectivity index (χ0v) is 13.0. The van der Waals surface area contributed by atoms with Crippen LogP contribution in [0.5, 0.6) is 0 Å². The van der Waals surface area contributed by atoms with Crippen LogP contribution < -0.4 is 5.32 Å². The SMILES string of the molecule is COC(=O)C(C)(C)CCN1[C@H](C)CNC[C@@H]1C.Cl. The van der Waals surface area contributed by atoms with Crippen molar-refractivity contribution >= 4 is 18.4 Å². The quantitative estimate of drug-likeness (QED) is 0.795. The van der Waals surface area contributed by atoms with Crippen molar-refractivity contribution in [2.45, 2.75) is 46.2 Å². The van der Waals surface area contributed by atoms with Crippen molar-refractivity contribution in [2.75, 3.05) is 26.7 Å². The number of rotatable bonds is 4. The highest BCUT2D eigenvalue weighted by molar-refractivity contribution is 5.85. The van der Waals surface area contributed by atoms with Crippen LogP contribution in [0.15, 0.2) is 0 Å². The Morgan fingerprint density at radius 2 is 1.83 bits per heavy atom. The van der Waals surface area contributed by atoms with Gasteiger partial charge in [0.1, 0.15) is 0 Å². The van der Waals surface area contributed by atoms with Crippen molar-refractivity contribution in [3.05, 3.63) is 0 Å². The minimum atomic E-state index is -0.390. The van der Waals surface area contributed by atoms with Crippen molar-refractivity contribution < 1.29 is 9.53 Å². The first-order valence-electron chi connectivity index (χ1n) is 6.43. The van der Waals surface area contributed by atoms with Crippen molar-refractivity contribution in [2.24, 2.45) is 5.41 Å². The summed E-state index contributed by atoms with van der Waals surface area (Å²) in [6.45, 7) is 11.4. The van der Waals surface area contributed by atoms with Crippen molar-refractivity contribution in [1.82, 2.24) is 10.2 Å². The maximum atomic E-state index is 11.6. The topological polar surface area (TPSA) is 41.6 Å². The van der Waals surface area contributed by atoms with E-state index in [1.807, 2.05) is 13.8 Å². The molecule has 1 fully saturated rings. The molecule has 0 aromatic carbocycles. The molecule has 0 aromatic heterocycles. The second kappa shape index (κ2) is 7.31. The van der Waals surface area contributed by atoms with Gasteiger partial charge in [-0.05, 0) is 40.7 Å². The molecule has 1 saturated heterocycles. The van der Waals surface area contributed by atoms with Gasteiger partial charge in [0.25, 0.3) is 0 Å². The molecule has 0 aliphatic carbocycles. The van der Waals surface area contributed by atoms with E-state index in [1.165, 1.54) is 7.11 Å². The first-order chi connectivity index (χ1) is 7.88. The van der Waals surface area contributed by atoms with E-state index in [4.69, 9.17) is 4.74 Å². The molecule has 0 radical (unpaired) electrons. The van der Waals surface area contributed by atoms with E-state index < -0.39 is 0 Å². The average Bonchev–Trinajstić information content (AvgIpc) is 2.27. The Morgan fingerprint density at radius 3 is 2.28 bits per heavy atom. The van der Waals surface area contributed by atoms with Crippen molar-refractivity contribution in [1.29, 1.82) is 0 Å². The summed E-state index contributed by atoms with van der Waals surface area (Å²) >= 11 is 0. The number of ether oxygens (including phenoxy) is 1. The van der Waals surface area contributed by atoms with Crippen molar-refractivity contribution in [3.8, 4) is 0 Å². The third-order valence-corrected chi connectivity index (χ3v) is 3.74. The molecule has 1 aliphatic rings. The molecule has 4 nitrogen and oxygen atoms in total. The Morgan fingerprint density at radius 1 is 1.33 bits per heavy atom. The first-order valence-corrected chi connectivity index (χ1v) is 6.43. The number of hydrogen-bond donors (Lipinski definition) is 1. The number of halogens is 1. The van der Waals surface area contributed by atoms with E-state index >= 15 is 0 Å². The monoisotopic (exact) mass is 278 g/mol. The fourth-order valence-corrected chi connectivity index (χ4v) is 2.40. The predicted octanol–water partition coefficient (Wildman–Crippen LogP) is 1.68. The van der Waals surface area contributed by atoms with Crippen LogP contribution in [-0.2, 0) is 9.53 Å². The second-order valence-electron chi connectivity index (χ2n) is 5.72. The third kappa shape index (κ3) is 4.41. The summed E-state index contributed by atoms with van der Waals surface area (Å²) in [5.41, 5.74) is -0.390. The van der Waals surface area contributed by atoms with Gasteiger partial charge in [-0.3, -0.25) is 9.69 Å². The van der Waals surface area contributed by atoms with Crippen LogP contribution in [0.25, 0.3) is 0 Å². The smallest absolute Gasteiger partial charge is 0.311 e. The molecular weight excluding hydrogens is 252 g/mol. The van der Waals surface area contributed by atoms with Gasteiger partial charge < -0.3 is 10.1 Å². The predicted molar refractivity (Wildman–Crippen MR) is 76.2 cm³/mol. The van der Waals surface area contributed by atoms with Crippen LogP contribution in [0.3, 0.4) is 0 Å². The van der Waals surface area contributed by atoms with Gasteiger partial charge >= 0.3 is 5.97 Å². The average molecular weight is 279 g/mol. The zero-order valence-electron chi connectivity index (χ0n) is 12.2. The minimum Gasteiger partial charge on any atom is -0.469 e. The van der Waals surface area contributed by atoms with Gasteiger partial charge in [-0.15, -0.1) is 12.4 Å². The molecule has 1 N–H and O–H groups in total. The number of hydrogen-bond acceptors (Lipinski definition) is 4. The Bertz CT molecular complexity index is 262. The lowest BCUT2D eigenvalue weighted by Crippen LogP contribution is -2.55. The molecule has 5 heteroatoms. The largest absolute Gasteiger partial charge is 0.469 e. The zero-order chi connectivity index (χ0) is 13.1. The highest BCUT2D eigenvalue weighted by Gasteiger charge is 2.31. The fraction of sp³-hybridized carbons (Fsp3) is 0.923. The maximum Gasteiger partial charge on any atom is 0.311 e. The summed E-state index contributed by atoms with van der Waals surface area (Å²) in [4.78, 5) is 14.1. The van der Waals surface area contributed by atoms with Crippen LogP contribution in [0, 0.1) is 5.41 Å². The second-order valence-corrected chi connectivity index (χ2v) is 5.72. The van der Waals surface area contributed by atoms with E-state index in [2.05, 4.69) is 24.1 Å². The fourth-order valence-electron chi connectivity index (χ4n) is 2.40. The van der Waals surface area contributed by atoms with E-state index in [-0.39, 0.29) is 23.8 Å². The van der Waals surface area contributed by atoms with Gasteiger partial charge in [-0.25, -0.2) is 0 Å². The molecule has 1 rings (SSSR count). The number of piperazine rings is 1. The van der Waals surface area contributed by atoms with Gasteiger partial charge in [-0.2, -0.15) is 0 Å². The van der Waals surface area contributed by atoms with Gasteiger partial charge in [0.05, 0.1) is 12.5 Å². The number of carbonyl (C=O) groups excluding carboxylic acids is 1. The minimum absolute atomic E-state index is 0. The Labute approximate surface area is 117 Å². The van der Waals surface area contributed by atoms with Crippen molar-refractivity contribution in [3.63, 3.8) is 0 Å². The normalized spacial score (nSPS) is 25.4. The van der Waals surface area contributed by atoms with E-state index in [1.54, 1.807) is 0 Å². The Kier molecular flexibility index (Phi) is 7.18. The lowest BCUT2D eigenvalue weighted by molar-refractivity contribution is -0.151. The number of nitrogens with zero attached hydrogens (tertiary/aromatic N) is 1. The standard InChI is InChI=1S/C13H26N2O2.ClH/c1-10-8-14-9-11(2)15(10)7-6-13(3,4)12(16)17-5;/h10-11,14H,6-9H2,1-5H3;1H/t10-,11+;. The first kappa shape index (κ1) is 17.7. The number of carbonyl (C=O) groups is 1. The Hall–Kier alpha value is -0.320. The van der Waals surface area contributed by atoms with Crippen LogP contribution in [0.2, 0.25) is 0 Å². The summed E-state index contributed by atoms with van der Waals surface area (Å²) in [5, 5.41) is 3.41. The molecule has 0 aromatic rings. The lowest BCUT2D eigenvalue weighted by Gasteiger charge is -2.40. The van der Waals surface area contributed by atoms with Crippen LogP contribution in [-0.4, -0.2) is 49.7 Å². The molecule has 1 heterocycles. The Balaban J connectivity index is 0.00000289. The molecule has 0 spiro atoms. The highest BCUT2D eigenvalue weighted by atomic mass is 35.5. The lowest BCUT2D eigenvalue weighted by atomic mass is 9.88. The molecule has 108 valence electrons. The highest BCUT2D eigenvalue weighted by Crippen LogP contribution is 2.24. The van der Waals surface area contributed by atoms with Crippen LogP contribution in [0.4, 0.5) is 0 Å². The molecule has 0 bridgehead atoms. The molecule has 18 heavy (non-hydrogen) atoms. The molecule has 2 atom stereocenters. The molecule has 0 unspecified atom stereocenters. The molecular formula is C13H27ClN2O2. The molecule has 0 saturated carbocycles. The van der Waals surface area contributed by atoms with E-state index in [9.17, 15) is 4.79 Å². The van der Waals surface area contributed by atoms with Gasteiger partial charge in [-0.1, -0.05) is 0 Å². The van der Waals surface area contributed by atoms with E-state index in [0.29, 0.717) is 12.1 Å². The van der Waals surface area contributed by atoms with Gasteiger partial charge in [0.15, 0.2) is 0 Å². The number of methoxy groups -OCH3 is 1. The van der Waals surface area contributed by atoms with Crippen LogP contribution in [0.1, 0.15) is 34.1 Å². The summed E-state index contributed by atoms with van der Waals surface area (Å²) in [6, 6.07) is 1.07. The molecule has 1 aliphatic heterocycles. The van der Waals surface area contributed by atoms with Gasteiger partial charge in [0, 0.05) is 25.2 Å². The summed E-state index contributed by atoms with van der Waals surface area (Å²) in [6.07, 6.45) is 0.842. The third-order valence-electron chi connectivity index (χ3n) is 3.74. The molecule has 0 amide bonds. The number of esters is 1. The van der Waals surface area contributed by atoms with Crippen LogP contribution >= 0.6 is 12.4 Å². The maximum absolute atomic E-state index is 11.6. The summed E-state index contributed by atoms with van der Waals surface area (Å²) < 4.78 is 4.84. The summed E-state index contributed by atoms with van der Waals surface area (Å²) in [5.74, 6) is -0.118. The summed E-state index contributed by atoms with van der Waals surface area (Å²) in [7, 11) is 1.46. The van der Waals surface area contributed by atoms with Gasteiger partial charge in [0.2, 0.25) is 0 Å². The van der Waals surface area contributed by atoms with E-state index in [0.717, 1.165) is 26.1 Å². The number of nitrogens with one attached hydrogen (secondary N) is 1.